The van der Waals surface area contributed by atoms with Crippen LogP contribution in [0.5, 0.6) is 0 Å². The first kappa shape index (κ1) is 16.3. The van der Waals surface area contributed by atoms with Crippen LogP contribution in [-0.4, -0.2) is 48.7 Å². The van der Waals surface area contributed by atoms with Gasteiger partial charge in [0.05, 0.1) is 17.7 Å². The molecule has 0 saturated carbocycles. The number of benzene rings is 1. The van der Waals surface area contributed by atoms with E-state index in [-0.39, 0.29) is 18.8 Å². The van der Waals surface area contributed by atoms with Crippen LogP contribution in [0.2, 0.25) is 0 Å². The van der Waals surface area contributed by atoms with Crippen LogP contribution >= 0.6 is 12.4 Å². The first-order chi connectivity index (χ1) is 9.20. The molecular formula is C14H18ClN3O2. The van der Waals surface area contributed by atoms with Gasteiger partial charge in [-0.1, -0.05) is 12.1 Å². The summed E-state index contributed by atoms with van der Waals surface area (Å²) in [5.41, 5.74) is 1.67. The smallest absolute Gasteiger partial charge is 0.304 e. The molecule has 20 heavy (non-hydrogen) atoms. The van der Waals surface area contributed by atoms with E-state index >= 15 is 0 Å². The zero-order chi connectivity index (χ0) is 13.7. The molecule has 0 atom stereocenters. The lowest BCUT2D eigenvalue weighted by Crippen LogP contribution is -2.47. The van der Waals surface area contributed by atoms with E-state index in [0.29, 0.717) is 12.1 Å². The van der Waals surface area contributed by atoms with Gasteiger partial charge in [0.1, 0.15) is 6.07 Å². The molecule has 5 nitrogen and oxygen atoms in total. The first-order valence-electron chi connectivity index (χ1n) is 6.39. The zero-order valence-electron chi connectivity index (χ0n) is 11.2. The number of carbonyl (C=O) groups is 1. The van der Waals surface area contributed by atoms with Crippen molar-refractivity contribution in [3.8, 4) is 6.07 Å². The van der Waals surface area contributed by atoms with Gasteiger partial charge in [0, 0.05) is 32.7 Å². The summed E-state index contributed by atoms with van der Waals surface area (Å²) in [7, 11) is 0. The van der Waals surface area contributed by atoms with E-state index in [1.165, 1.54) is 0 Å². The van der Waals surface area contributed by atoms with Crippen LogP contribution in [0.25, 0.3) is 0 Å². The summed E-state index contributed by atoms with van der Waals surface area (Å²) in [5, 5.41) is 17.8. The normalized spacial score (nSPS) is 15.2. The van der Waals surface area contributed by atoms with E-state index in [2.05, 4.69) is 15.9 Å². The molecule has 0 bridgehead atoms. The number of nitrogens with zero attached hydrogens (tertiary/aromatic N) is 3. The molecule has 0 amide bonds. The Morgan fingerprint density at radius 2 is 1.90 bits per heavy atom. The van der Waals surface area contributed by atoms with Gasteiger partial charge in [0.15, 0.2) is 0 Å². The second-order valence-corrected chi connectivity index (χ2v) is 4.60. The molecule has 1 heterocycles. The Kier molecular flexibility index (Phi) is 6.29. The van der Waals surface area contributed by atoms with Crippen molar-refractivity contribution >= 4 is 24.1 Å². The standard InChI is InChI=1S/C14H17N3O2.ClH/c15-11-12-3-1-2-4-13(12)17-9-7-16(8-10-17)6-5-14(18)19;/h1-4H,5-10H2,(H,18,19);1H. The molecule has 1 N–H and O–H groups in total. The predicted molar refractivity (Wildman–Crippen MR) is 79.3 cm³/mol. The molecule has 1 saturated heterocycles. The average molecular weight is 296 g/mol. The second-order valence-electron chi connectivity index (χ2n) is 4.60. The lowest BCUT2D eigenvalue weighted by atomic mass is 10.1. The molecule has 1 aromatic carbocycles. The van der Waals surface area contributed by atoms with Gasteiger partial charge in [-0.05, 0) is 12.1 Å². The van der Waals surface area contributed by atoms with Gasteiger partial charge in [-0.25, -0.2) is 0 Å². The summed E-state index contributed by atoms with van der Waals surface area (Å²) in [5.74, 6) is -0.753. The molecule has 108 valence electrons. The molecule has 2 rings (SSSR count). The fourth-order valence-corrected chi connectivity index (χ4v) is 2.31. The minimum atomic E-state index is -0.753. The van der Waals surface area contributed by atoms with Crippen molar-refractivity contribution in [3.05, 3.63) is 29.8 Å². The molecule has 0 aromatic heterocycles. The number of halogens is 1. The van der Waals surface area contributed by atoms with Crippen molar-refractivity contribution in [1.29, 1.82) is 5.26 Å². The number of hydrogen-bond donors (Lipinski definition) is 1. The summed E-state index contributed by atoms with van der Waals surface area (Å²) < 4.78 is 0. The second kappa shape index (κ2) is 7.73. The van der Waals surface area contributed by atoms with Gasteiger partial charge in [0.2, 0.25) is 0 Å². The number of hydrogen-bond acceptors (Lipinski definition) is 4. The monoisotopic (exact) mass is 295 g/mol. The SMILES string of the molecule is Cl.N#Cc1ccccc1N1CCN(CCC(=O)O)CC1. The van der Waals surface area contributed by atoms with Crippen LogP contribution in [0, 0.1) is 11.3 Å². The Bertz CT molecular complexity index is 493. The van der Waals surface area contributed by atoms with Crippen molar-refractivity contribution in [2.24, 2.45) is 0 Å². The maximum absolute atomic E-state index is 10.5. The van der Waals surface area contributed by atoms with Crippen LogP contribution < -0.4 is 4.90 Å². The van der Waals surface area contributed by atoms with Gasteiger partial charge in [-0.2, -0.15) is 5.26 Å². The van der Waals surface area contributed by atoms with Crippen LogP contribution in [0.4, 0.5) is 5.69 Å². The summed E-state index contributed by atoms with van der Waals surface area (Å²) in [6, 6.07) is 9.80. The molecule has 6 heteroatoms. The first-order valence-corrected chi connectivity index (χ1v) is 6.39. The van der Waals surface area contributed by atoms with Gasteiger partial charge in [0.25, 0.3) is 0 Å². The van der Waals surface area contributed by atoms with E-state index in [0.717, 1.165) is 31.9 Å². The lowest BCUT2D eigenvalue weighted by Gasteiger charge is -2.36. The fourth-order valence-electron chi connectivity index (χ4n) is 2.31. The minimum absolute atomic E-state index is 0. The van der Waals surface area contributed by atoms with Crippen LogP contribution in [0.1, 0.15) is 12.0 Å². The van der Waals surface area contributed by atoms with Gasteiger partial charge in [-0.3, -0.25) is 9.69 Å². The Hall–Kier alpha value is -1.77. The van der Waals surface area contributed by atoms with Gasteiger partial charge < -0.3 is 10.0 Å². The number of carboxylic acids is 1. The highest BCUT2D eigenvalue weighted by Crippen LogP contribution is 2.20. The molecule has 0 unspecified atom stereocenters. The Morgan fingerprint density at radius 3 is 2.50 bits per heavy atom. The number of nitriles is 1. The molecular weight excluding hydrogens is 278 g/mol. The van der Waals surface area contributed by atoms with Gasteiger partial charge in [-0.15, -0.1) is 12.4 Å². The molecule has 1 aliphatic heterocycles. The number of anilines is 1. The Labute approximate surface area is 124 Å². The van der Waals surface area contributed by atoms with E-state index in [1.54, 1.807) is 0 Å². The average Bonchev–Trinajstić information content (AvgIpc) is 2.45. The summed E-state index contributed by atoms with van der Waals surface area (Å²) in [4.78, 5) is 14.9. The van der Waals surface area contributed by atoms with E-state index in [4.69, 9.17) is 10.4 Å². The number of aliphatic carboxylic acids is 1. The summed E-state index contributed by atoms with van der Waals surface area (Å²) in [6.45, 7) is 3.94. The van der Waals surface area contributed by atoms with Crippen molar-refractivity contribution in [2.45, 2.75) is 6.42 Å². The Morgan fingerprint density at radius 1 is 1.25 bits per heavy atom. The topological polar surface area (TPSA) is 67.6 Å². The number of para-hydroxylation sites is 1. The van der Waals surface area contributed by atoms with Crippen molar-refractivity contribution in [1.82, 2.24) is 4.90 Å². The largest absolute Gasteiger partial charge is 0.481 e. The highest BCUT2D eigenvalue weighted by molar-refractivity contribution is 5.85. The highest BCUT2D eigenvalue weighted by Gasteiger charge is 2.19. The lowest BCUT2D eigenvalue weighted by molar-refractivity contribution is -0.137. The third kappa shape index (κ3) is 4.12. The molecule has 1 aliphatic rings. The molecule has 0 radical (unpaired) electrons. The predicted octanol–water partition coefficient (Wildman–Crippen LogP) is 1.58. The Balaban J connectivity index is 0.00000200. The van der Waals surface area contributed by atoms with Crippen LogP contribution in [0.3, 0.4) is 0 Å². The van der Waals surface area contributed by atoms with Gasteiger partial charge >= 0.3 is 5.97 Å². The third-order valence-corrected chi connectivity index (χ3v) is 3.38. The van der Waals surface area contributed by atoms with Crippen molar-refractivity contribution in [3.63, 3.8) is 0 Å². The van der Waals surface area contributed by atoms with Crippen LogP contribution in [-0.2, 0) is 4.79 Å². The highest BCUT2D eigenvalue weighted by atomic mass is 35.5. The van der Waals surface area contributed by atoms with E-state index in [9.17, 15) is 4.79 Å². The fraction of sp³-hybridized carbons (Fsp3) is 0.429. The molecule has 0 aliphatic carbocycles. The number of rotatable bonds is 4. The van der Waals surface area contributed by atoms with E-state index in [1.807, 2.05) is 24.3 Å². The quantitative estimate of drug-likeness (QED) is 0.913. The maximum atomic E-state index is 10.5. The minimum Gasteiger partial charge on any atom is -0.481 e. The van der Waals surface area contributed by atoms with Crippen LogP contribution in [0.15, 0.2) is 24.3 Å². The molecule has 1 aromatic rings. The number of piperazine rings is 1. The van der Waals surface area contributed by atoms with E-state index < -0.39 is 5.97 Å². The zero-order valence-corrected chi connectivity index (χ0v) is 12.0. The number of carboxylic acid groups (broad SMARTS) is 1. The van der Waals surface area contributed by atoms with Crippen molar-refractivity contribution in [2.75, 3.05) is 37.6 Å². The molecule has 0 spiro atoms. The molecule has 1 fully saturated rings. The third-order valence-electron chi connectivity index (χ3n) is 3.38. The maximum Gasteiger partial charge on any atom is 0.304 e. The summed E-state index contributed by atoms with van der Waals surface area (Å²) >= 11 is 0. The summed E-state index contributed by atoms with van der Waals surface area (Å²) in [6.07, 6.45) is 0.189. The van der Waals surface area contributed by atoms with Crippen molar-refractivity contribution < 1.29 is 9.90 Å².